The third kappa shape index (κ3) is 8.22. The van der Waals surface area contributed by atoms with Crippen molar-refractivity contribution in [1.82, 2.24) is 4.90 Å². The second-order valence-corrected chi connectivity index (χ2v) is 7.29. The van der Waals surface area contributed by atoms with E-state index < -0.39 is 0 Å². The quantitative estimate of drug-likeness (QED) is 0.540. The van der Waals surface area contributed by atoms with Crippen LogP contribution in [-0.4, -0.2) is 29.1 Å². The monoisotopic (exact) mass is 435 g/mol. The van der Waals surface area contributed by atoms with E-state index in [1.165, 1.54) is 0 Å². The average Bonchev–Trinajstić information content (AvgIpc) is 2.75. The molecule has 1 aliphatic rings. The standard InChI is InChI=1S/C16H20ClNO2.C6H5Cl.C2H6/c1-2-3-13-6-9-15(18(10-11-19)16(13)20)12-4-7-14(17)8-5-12;7-6-4-2-1-3-5-6;1-2/h2,4-5,7-8,13,15,19H,1,3,6,9-11H2;1-5H;1-2H3. The van der Waals surface area contributed by atoms with Gasteiger partial charge in [-0.15, -0.1) is 6.58 Å². The molecule has 158 valence electrons. The summed E-state index contributed by atoms with van der Waals surface area (Å²) in [5, 5.41) is 10.7. The Kier molecular flexibility index (Phi) is 12.4. The maximum Gasteiger partial charge on any atom is 0.226 e. The second kappa shape index (κ2) is 14.2. The number of benzene rings is 2. The number of hydrogen-bond acceptors (Lipinski definition) is 2. The van der Waals surface area contributed by atoms with Crippen molar-refractivity contribution in [2.24, 2.45) is 5.92 Å². The first-order valence-corrected chi connectivity index (χ1v) is 10.8. The van der Waals surface area contributed by atoms with Crippen molar-refractivity contribution in [1.29, 1.82) is 0 Å². The van der Waals surface area contributed by atoms with Gasteiger partial charge in [0, 0.05) is 22.5 Å². The molecule has 1 saturated heterocycles. The topological polar surface area (TPSA) is 40.5 Å². The van der Waals surface area contributed by atoms with E-state index >= 15 is 0 Å². The van der Waals surface area contributed by atoms with Crippen LogP contribution in [0.2, 0.25) is 10.0 Å². The summed E-state index contributed by atoms with van der Waals surface area (Å²) in [6.45, 7) is 8.07. The van der Waals surface area contributed by atoms with E-state index in [0.29, 0.717) is 18.0 Å². The van der Waals surface area contributed by atoms with Gasteiger partial charge in [-0.05, 0) is 49.1 Å². The number of hydrogen-bond donors (Lipinski definition) is 1. The van der Waals surface area contributed by atoms with Crippen LogP contribution in [0.15, 0.2) is 67.3 Å². The first-order chi connectivity index (χ1) is 14.1. The Morgan fingerprint density at radius 3 is 2.10 bits per heavy atom. The van der Waals surface area contributed by atoms with Gasteiger partial charge in [0.15, 0.2) is 0 Å². The SMILES string of the molecule is C=CCC1CCC(c2ccc(Cl)cc2)N(CCO)C1=O.CC.Clc1ccccc1. The summed E-state index contributed by atoms with van der Waals surface area (Å²) in [7, 11) is 0. The number of carbonyl (C=O) groups is 1. The lowest BCUT2D eigenvalue weighted by atomic mass is 9.86. The predicted molar refractivity (Wildman–Crippen MR) is 123 cm³/mol. The Morgan fingerprint density at radius 2 is 1.62 bits per heavy atom. The summed E-state index contributed by atoms with van der Waals surface area (Å²) in [6, 6.07) is 17.1. The molecule has 0 saturated carbocycles. The molecule has 2 aromatic rings. The Hall–Kier alpha value is -1.81. The zero-order valence-electron chi connectivity index (χ0n) is 17.2. The fraction of sp³-hybridized carbons (Fsp3) is 0.375. The molecule has 0 bridgehead atoms. The van der Waals surface area contributed by atoms with Crippen molar-refractivity contribution in [2.75, 3.05) is 13.2 Å². The Morgan fingerprint density at radius 1 is 1.03 bits per heavy atom. The maximum absolute atomic E-state index is 12.5. The zero-order chi connectivity index (χ0) is 21.6. The third-order valence-corrected chi connectivity index (χ3v) is 5.08. The van der Waals surface area contributed by atoms with Gasteiger partial charge in [-0.3, -0.25) is 4.79 Å². The van der Waals surface area contributed by atoms with Crippen molar-refractivity contribution < 1.29 is 9.90 Å². The van der Waals surface area contributed by atoms with Crippen LogP contribution in [0.4, 0.5) is 0 Å². The number of piperidine rings is 1. The molecule has 1 amide bonds. The molecule has 2 atom stereocenters. The summed E-state index contributed by atoms with van der Waals surface area (Å²) < 4.78 is 0. The number of allylic oxidation sites excluding steroid dienone is 1. The highest BCUT2D eigenvalue weighted by atomic mass is 35.5. The van der Waals surface area contributed by atoms with Crippen molar-refractivity contribution in [2.45, 2.75) is 39.2 Å². The molecular weight excluding hydrogens is 405 g/mol. The molecule has 0 aromatic heterocycles. The van der Waals surface area contributed by atoms with Crippen molar-refractivity contribution in [3.63, 3.8) is 0 Å². The van der Waals surface area contributed by atoms with Gasteiger partial charge < -0.3 is 10.0 Å². The number of rotatable bonds is 5. The van der Waals surface area contributed by atoms with E-state index in [0.717, 1.165) is 23.4 Å². The normalized spacial score (nSPS) is 18.1. The summed E-state index contributed by atoms with van der Waals surface area (Å²) in [5.74, 6) is 0.118. The van der Waals surface area contributed by atoms with Gasteiger partial charge in [-0.2, -0.15) is 0 Å². The minimum absolute atomic E-state index is 0.00241. The molecular formula is C24H31Cl2NO2. The number of amides is 1. The van der Waals surface area contributed by atoms with Gasteiger partial charge in [0.2, 0.25) is 5.91 Å². The van der Waals surface area contributed by atoms with E-state index in [-0.39, 0.29) is 24.5 Å². The molecule has 0 radical (unpaired) electrons. The first-order valence-electron chi connectivity index (χ1n) is 10.0. The van der Waals surface area contributed by atoms with Gasteiger partial charge >= 0.3 is 0 Å². The Labute approximate surface area is 185 Å². The van der Waals surface area contributed by atoms with E-state index in [1.807, 2.05) is 68.4 Å². The van der Waals surface area contributed by atoms with Crippen molar-refractivity contribution in [3.05, 3.63) is 82.9 Å². The molecule has 0 spiro atoms. The summed E-state index contributed by atoms with van der Waals surface area (Å²) in [6.07, 6.45) is 4.27. The minimum atomic E-state index is -0.0172. The number of likely N-dealkylation sites (tertiary alicyclic amines) is 1. The molecule has 3 nitrogen and oxygen atoms in total. The van der Waals surface area contributed by atoms with Gasteiger partial charge in [-0.25, -0.2) is 0 Å². The highest BCUT2D eigenvalue weighted by molar-refractivity contribution is 6.30. The lowest BCUT2D eigenvalue weighted by Gasteiger charge is -2.39. The molecule has 2 unspecified atom stereocenters. The molecule has 3 rings (SSSR count). The van der Waals surface area contributed by atoms with Crippen molar-refractivity contribution in [3.8, 4) is 0 Å². The molecule has 1 aliphatic heterocycles. The van der Waals surface area contributed by atoms with Crippen LogP contribution in [0.3, 0.4) is 0 Å². The molecule has 1 heterocycles. The van der Waals surface area contributed by atoms with Gasteiger partial charge in [-0.1, -0.05) is 73.5 Å². The van der Waals surface area contributed by atoms with Crippen LogP contribution in [0, 0.1) is 5.92 Å². The Bertz CT molecular complexity index is 719. The van der Waals surface area contributed by atoms with Gasteiger partial charge in [0.25, 0.3) is 0 Å². The largest absolute Gasteiger partial charge is 0.395 e. The van der Waals surface area contributed by atoms with E-state index in [2.05, 4.69) is 6.58 Å². The van der Waals surface area contributed by atoms with E-state index in [1.54, 1.807) is 11.0 Å². The van der Waals surface area contributed by atoms with Gasteiger partial charge in [0.1, 0.15) is 0 Å². The van der Waals surface area contributed by atoms with Crippen molar-refractivity contribution >= 4 is 29.1 Å². The number of aliphatic hydroxyl groups excluding tert-OH is 1. The van der Waals surface area contributed by atoms with Crippen LogP contribution in [-0.2, 0) is 4.79 Å². The number of carbonyl (C=O) groups excluding carboxylic acids is 1. The number of β-amino-alcohol motifs (C(OH)–C–C–N with tert-alkyl or cyclic N) is 1. The van der Waals surface area contributed by atoms with E-state index in [4.69, 9.17) is 23.2 Å². The van der Waals surface area contributed by atoms with Crippen LogP contribution in [0.1, 0.15) is 44.7 Å². The average molecular weight is 436 g/mol. The molecule has 5 heteroatoms. The second-order valence-electron chi connectivity index (χ2n) is 6.42. The van der Waals surface area contributed by atoms with Crippen LogP contribution >= 0.6 is 23.2 Å². The molecule has 29 heavy (non-hydrogen) atoms. The summed E-state index contributed by atoms with van der Waals surface area (Å²) >= 11 is 11.4. The lowest BCUT2D eigenvalue weighted by Crippen LogP contribution is -2.44. The summed E-state index contributed by atoms with van der Waals surface area (Å²) in [4.78, 5) is 14.3. The predicted octanol–water partition coefficient (Wildman–Crippen LogP) is 6.55. The lowest BCUT2D eigenvalue weighted by molar-refractivity contribution is -0.142. The highest BCUT2D eigenvalue weighted by Crippen LogP contribution is 2.35. The van der Waals surface area contributed by atoms with Gasteiger partial charge in [0.05, 0.1) is 12.6 Å². The number of nitrogens with zero attached hydrogens (tertiary/aromatic N) is 1. The fourth-order valence-corrected chi connectivity index (χ4v) is 3.54. The summed E-state index contributed by atoms with van der Waals surface area (Å²) in [5.41, 5.74) is 1.08. The molecule has 1 fully saturated rings. The first kappa shape index (κ1) is 25.2. The third-order valence-electron chi connectivity index (χ3n) is 4.58. The smallest absolute Gasteiger partial charge is 0.226 e. The number of aliphatic hydroxyl groups is 1. The van der Waals surface area contributed by atoms with Crippen LogP contribution in [0.25, 0.3) is 0 Å². The zero-order valence-corrected chi connectivity index (χ0v) is 18.7. The Balaban J connectivity index is 0.000000390. The van der Waals surface area contributed by atoms with Crippen LogP contribution in [0.5, 0.6) is 0 Å². The van der Waals surface area contributed by atoms with E-state index in [9.17, 15) is 9.90 Å². The minimum Gasteiger partial charge on any atom is -0.395 e. The highest BCUT2D eigenvalue weighted by Gasteiger charge is 2.34. The maximum atomic E-state index is 12.5. The van der Waals surface area contributed by atoms with Crippen LogP contribution < -0.4 is 0 Å². The molecule has 0 aliphatic carbocycles. The fourth-order valence-electron chi connectivity index (χ4n) is 3.27. The number of halogens is 2. The molecule has 1 N–H and O–H groups in total. The molecule has 2 aromatic carbocycles.